The number of nitrogens with zero attached hydrogens (tertiary/aromatic N) is 2. The third kappa shape index (κ3) is 3.34. The summed E-state index contributed by atoms with van der Waals surface area (Å²) in [5, 5.41) is 6.89. The fourth-order valence-electron chi connectivity index (χ4n) is 2.75. The second-order valence-electron chi connectivity index (χ2n) is 6.16. The van der Waals surface area contributed by atoms with Gasteiger partial charge in [0.2, 0.25) is 0 Å². The van der Waals surface area contributed by atoms with Gasteiger partial charge < -0.3 is 15.6 Å². The van der Waals surface area contributed by atoms with Gasteiger partial charge in [0.05, 0.1) is 15.7 Å². The van der Waals surface area contributed by atoms with Gasteiger partial charge in [0.1, 0.15) is 5.82 Å². The molecule has 5 nitrogen and oxygen atoms in total. The maximum atomic E-state index is 4.58. The van der Waals surface area contributed by atoms with Gasteiger partial charge in [-0.25, -0.2) is 9.97 Å². The van der Waals surface area contributed by atoms with E-state index < -0.39 is 0 Å². The Bertz CT molecular complexity index is 988. The molecular formula is C19H19N5S. The highest BCUT2D eigenvalue weighted by Gasteiger charge is 2.10. The molecule has 0 radical (unpaired) electrons. The lowest BCUT2D eigenvalue weighted by Gasteiger charge is -2.16. The molecule has 25 heavy (non-hydrogen) atoms. The molecule has 0 atom stereocenters. The first kappa shape index (κ1) is 15.7. The number of aromatic amines is 1. The minimum atomic E-state index is 0.331. The number of pyridine rings is 1. The van der Waals surface area contributed by atoms with Crippen LogP contribution in [0.15, 0.2) is 54.3 Å². The number of nitrogens with one attached hydrogen (secondary N) is 3. The molecule has 0 fully saturated rings. The number of aromatic nitrogens is 3. The van der Waals surface area contributed by atoms with Crippen LogP contribution in [0, 0.1) is 0 Å². The Balaban J connectivity index is 1.67. The molecule has 0 aliphatic carbocycles. The Hall–Kier alpha value is -2.86. The van der Waals surface area contributed by atoms with Crippen LogP contribution < -0.4 is 10.6 Å². The molecule has 0 saturated carbocycles. The fourth-order valence-corrected chi connectivity index (χ4v) is 3.46. The van der Waals surface area contributed by atoms with E-state index in [0.29, 0.717) is 6.04 Å². The summed E-state index contributed by atoms with van der Waals surface area (Å²) in [4.78, 5) is 12.1. The summed E-state index contributed by atoms with van der Waals surface area (Å²) in [5.74, 6) is 0.808. The van der Waals surface area contributed by atoms with E-state index in [1.54, 1.807) is 11.3 Å². The lowest BCUT2D eigenvalue weighted by Crippen LogP contribution is -2.11. The standard InChI is InChI=1S/C19H19N5S/c1-12(2)23-17-9-19(21-10-14(17)15-4-3-7-20-15)24-13-5-6-16-18(8-13)25-11-22-16/h3-12,20H,1-2H3,(H2,21,23,24). The van der Waals surface area contributed by atoms with Crippen LogP contribution in [0.3, 0.4) is 0 Å². The van der Waals surface area contributed by atoms with Gasteiger partial charge in [-0.3, -0.25) is 0 Å². The van der Waals surface area contributed by atoms with E-state index in [2.05, 4.69) is 45.5 Å². The molecule has 4 rings (SSSR count). The molecule has 0 unspecified atom stereocenters. The Kier molecular flexibility index (Phi) is 4.11. The normalized spacial score (nSPS) is 11.2. The Morgan fingerprint density at radius 1 is 1.12 bits per heavy atom. The molecule has 3 aromatic heterocycles. The molecule has 3 heterocycles. The molecule has 126 valence electrons. The van der Waals surface area contributed by atoms with E-state index >= 15 is 0 Å². The van der Waals surface area contributed by atoms with Crippen molar-refractivity contribution in [2.24, 2.45) is 0 Å². The van der Waals surface area contributed by atoms with E-state index in [1.165, 1.54) is 0 Å². The van der Waals surface area contributed by atoms with Crippen molar-refractivity contribution in [2.45, 2.75) is 19.9 Å². The van der Waals surface area contributed by atoms with Crippen molar-refractivity contribution in [3.8, 4) is 11.3 Å². The minimum Gasteiger partial charge on any atom is -0.382 e. The van der Waals surface area contributed by atoms with Crippen molar-refractivity contribution in [1.82, 2.24) is 15.0 Å². The van der Waals surface area contributed by atoms with Gasteiger partial charge in [0, 0.05) is 47.1 Å². The molecule has 6 heteroatoms. The van der Waals surface area contributed by atoms with Crippen molar-refractivity contribution >= 4 is 38.7 Å². The number of thiazole rings is 1. The largest absolute Gasteiger partial charge is 0.382 e. The van der Waals surface area contributed by atoms with Crippen LogP contribution in [0.1, 0.15) is 13.8 Å². The molecule has 0 bridgehead atoms. The number of H-pyrrole nitrogens is 1. The number of hydrogen-bond acceptors (Lipinski definition) is 5. The summed E-state index contributed by atoms with van der Waals surface area (Å²) >= 11 is 1.64. The third-order valence-electron chi connectivity index (χ3n) is 3.84. The molecule has 3 N–H and O–H groups in total. The molecule has 0 saturated heterocycles. The van der Waals surface area contributed by atoms with Gasteiger partial charge in [-0.1, -0.05) is 0 Å². The van der Waals surface area contributed by atoms with E-state index in [0.717, 1.165) is 38.7 Å². The topological polar surface area (TPSA) is 65.6 Å². The van der Waals surface area contributed by atoms with Crippen LogP contribution >= 0.6 is 11.3 Å². The Morgan fingerprint density at radius 3 is 2.84 bits per heavy atom. The first-order chi connectivity index (χ1) is 12.2. The van der Waals surface area contributed by atoms with Crippen LogP contribution in [0.4, 0.5) is 17.2 Å². The molecule has 0 aliphatic rings. The second kappa shape index (κ2) is 6.57. The fraction of sp³-hybridized carbons (Fsp3) is 0.158. The molecule has 0 amide bonds. The predicted octanol–water partition coefficient (Wildman–Crippen LogP) is 5.25. The molecular weight excluding hydrogens is 330 g/mol. The number of rotatable bonds is 5. The number of fused-ring (bicyclic) bond motifs is 1. The smallest absolute Gasteiger partial charge is 0.132 e. The van der Waals surface area contributed by atoms with Crippen molar-refractivity contribution in [3.63, 3.8) is 0 Å². The molecule has 4 aromatic rings. The summed E-state index contributed by atoms with van der Waals surface area (Å²) in [6.45, 7) is 4.26. The van der Waals surface area contributed by atoms with Crippen LogP contribution in [-0.4, -0.2) is 21.0 Å². The van der Waals surface area contributed by atoms with E-state index in [9.17, 15) is 0 Å². The molecule has 1 aromatic carbocycles. The molecule has 0 spiro atoms. The van der Waals surface area contributed by atoms with Crippen LogP contribution in [0.2, 0.25) is 0 Å². The van der Waals surface area contributed by atoms with Gasteiger partial charge in [0.15, 0.2) is 0 Å². The van der Waals surface area contributed by atoms with Crippen LogP contribution in [-0.2, 0) is 0 Å². The summed E-state index contributed by atoms with van der Waals surface area (Å²) in [6.07, 6.45) is 3.81. The number of benzene rings is 1. The molecule has 0 aliphatic heterocycles. The van der Waals surface area contributed by atoms with E-state index in [4.69, 9.17) is 0 Å². The lowest BCUT2D eigenvalue weighted by atomic mass is 10.1. The maximum absolute atomic E-state index is 4.58. The summed E-state index contributed by atoms with van der Waals surface area (Å²) in [7, 11) is 0. The average Bonchev–Trinajstić information content (AvgIpc) is 3.25. The van der Waals surface area contributed by atoms with Gasteiger partial charge in [-0.15, -0.1) is 11.3 Å². The quantitative estimate of drug-likeness (QED) is 0.460. The highest BCUT2D eigenvalue weighted by Crippen LogP contribution is 2.30. The predicted molar refractivity (Wildman–Crippen MR) is 106 cm³/mol. The van der Waals surface area contributed by atoms with E-state index in [1.807, 2.05) is 48.2 Å². The Labute approximate surface area is 150 Å². The van der Waals surface area contributed by atoms with Crippen molar-refractivity contribution in [2.75, 3.05) is 10.6 Å². The van der Waals surface area contributed by atoms with Gasteiger partial charge in [-0.05, 0) is 44.2 Å². The number of hydrogen-bond donors (Lipinski definition) is 3. The summed E-state index contributed by atoms with van der Waals surface area (Å²) in [6, 6.07) is 12.6. The third-order valence-corrected chi connectivity index (χ3v) is 4.63. The van der Waals surface area contributed by atoms with Gasteiger partial charge >= 0.3 is 0 Å². The van der Waals surface area contributed by atoms with Crippen molar-refractivity contribution < 1.29 is 0 Å². The first-order valence-electron chi connectivity index (χ1n) is 8.19. The zero-order chi connectivity index (χ0) is 17.2. The zero-order valence-electron chi connectivity index (χ0n) is 14.1. The van der Waals surface area contributed by atoms with Crippen molar-refractivity contribution in [3.05, 3.63) is 54.3 Å². The lowest BCUT2D eigenvalue weighted by molar-refractivity contribution is 0.899. The average molecular weight is 349 g/mol. The van der Waals surface area contributed by atoms with Gasteiger partial charge in [0.25, 0.3) is 0 Å². The minimum absolute atomic E-state index is 0.331. The summed E-state index contributed by atoms with van der Waals surface area (Å²) < 4.78 is 1.16. The highest BCUT2D eigenvalue weighted by atomic mass is 32.1. The second-order valence-corrected chi connectivity index (χ2v) is 7.04. The summed E-state index contributed by atoms with van der Waals surface area (Å²) in [5.41, 5.74) is 7.05. The monoisotopic (exact) mass is 349 g/mol. The van der Waals surface area contributed by atoms with Crippen molar-refractivity contribution in [1.29, 1.82) is 0 Å². The zero-order valence-corrected chi connectivity index (χ0v) is 14.9. The van der Waals surface area contributed by atoms with Crippen LogP contribution in [0.5, 0.6) is 0 Å². The highest BCUT2D eigenvalue weighted by molar-refractivity contribution is 7.16. The van der Waals surface area contributed by atoms with Gasteiger partial charge in [-0.2, -0.15) is 0 Å². The van der Waals surface area contributed by atoms with Crippen LogP contribution in [0.25, 0.3) is 21.5 Å². The SMILES string of the molecule is CC(C)Nc1cc(Nc2ccc3ncsc3c2)ncc1-c1ccc[nH]1. The maximum Gasteiger partial charge on any atom is 0.132 e. The first-order valence-corrected chi connectivity index (χ1v) is 9.07. The van der Waals surface area contributed by atoms with E-state index in [-0.39, 0.29) is 0 Å². The number of anilines is 3. The Morgan fingerprint density at radius 2 is 2.04 bits per heavy atom.